The lowest BCUT2D eigenvalue weighted by atomic mass is 10.4. The third-order valence-corrected chi connectivity index (χ3v) is 0.913. The average Bonchev–Trinajstić information content (AvgIpc) is 2.37. The van der Waals surface area contributed by atoms with E-state index < -0.39 is 0 Å². The summed E-state index contributed by atoms with van der Waals surface area (Å²) in [4.78, 5) is 0. The number of amidine groups is 1. The van der Waals surface area contributed by atoms with E-state index in [-0.39, 0.29) is 5.84 Å². The SMILES string of the molecule is N/N=C(/N)c1ccco1. The van der Waals surface area contributed by atoms with Gasteiger partial charge in [-0.05, 0) is 12.1 Å². The highest BCUT2D eigenvalue weighted by atomic mass is 16.3. The largest absolute Gasteiger partial charge is 0.461 e. The number of rotatable bonds is 1. The van der Waals surface area contributed by atoms with Gasteiger partial charge >= 0.3 is 0 Å². The van der Waals surface area contributed by atoms with Crippen molar-refractivity contribution < 1.29 is 4.42 Å². The molecular weight excluding hydrogens is 118 g/mol. The molecule has 4 heteroatoms. The standard InChI is InChI=1S/C5H7N3O/c6-5(8-7)4-2-1-3-9-4/h1-3H,7H2,(H2,6,8). The van der Waals surface area contributed by atoms with Crippen molar-refractivity contribution in [3.8, 4) is 0 Å². The van der Waals surface area contributed by atoms with Crippen LogP contribution in [-0.4, -0.2) is 5.84 Å². The third kappa shape index (κ3) is 1.02. The van der Waals surface area contributed by atoms with Crippen molar-refractivity contribution in [3.05, 3.63) is 24.2 Å². The van der Waals surface area contributed by atoms with Crippen LogP contribution in [0.4, 0.5) is 0 Å². The Hall–Kier alpha value is -1.45. The molecule has 0 radical (unpaired) electrons. The van der Waals surface area contributed by atoms with E-state index in [1.165, 1.54) is 6.26 Å². The molecule has 48 valence electrons. The number of hydrazone groups is 1. The highest BCUT2D eigenvalue weighted by molar-refractivity contribution is 5.94. The van der Waals surface area contributed by atoms with Gasteiger partial charge in [0.1, 0.15) is 0 Å². The Bertz CT molecular complexity index is 202. The molecule has 0 atom stereocenters. The Morgan fingerprint density at radius 1 is 1.67 bits per heavy atom. The highest BCUT2D eigenvalue weighted by Crippen LogP contribution is 1.96. The van der Waals surface area contributed by atoms with Gasteiger partial charge in [-0.1, -0.05) is 0 Å². The van der Waals surface area contributed by atoms with Gasteiger partial charge in [-0.25, -0.2) is 0 Å². The van der Waals surface area contributed by atoms with Gasteiger partial charge in [0.15, 0.2) is 11.6 Å². The minimum absolute atomic E-state index is 0.208. The summed E-state index contributed by atoms with van der Waals surface area (Å²) in [7, 11) is 0. The molecule has 0 saturated carbocycles. The first-order valence-corrected chi connectivity index (χ1v) is 2.42. The Morgan fingerprint density at radius 2 is 2.44 bits per heavy atom. The average molecular weight is 125 g/mol. The van der Waals surface area contributed by atoms with Crippen LogP contribution in [0, 0.1) is 0 Å². The number of hydrogen-bond donors (Lipinski definition) is 2. The summed E-state index contributed by atoms with van der Waals surface area (Å²) in [5, 5.41) is 3.23. The second-order valence-electron chi connectivity index (χ2n) is 1.49. The molecule has 0 aliphatic heterocycles. The summed E-state index contributed by atoms with van der Waals surface area (Å²) < 4.78 is 4.85. The summed E-state index contributed by atoms with van der Waals surface area (Å²) in [6.45, 7) is 0. The van der Waals surface area contributed by atoms with E-state index in [1.807, 2.05) is 0 Å². The van der Waals surface area contributed by atoms with Crippen LogP contribution in [0.5, 0.6) is 0 Å². The predicted molar refractivity (Wildman–Crippen MR) is 33.6 cm³/mol. The van der Waals surface area contributed by atoms with E-state index in [0.29, 0.717) is 5.76 Å². The van der Waals surface area contributed by atoms with Crippen LogP contribution < -0.4 is 11.6 Å². The molecule has 9 heavy (non-hydrogen) atoms. The Kier molecular flexibility index (Phi) is 1.40. The molecule has 0 amide bonds. The molecular formula is C5H7N3O. The monoisotopic (exact) mass is 125 g/mol. The molecule has 1 aromatic rings. The molecule has 0 bridgehead atoms. The molecule has 1 aromatic heterocycles. The molecule has 0 aliphatic carbocycles. The van der Waals surface area contributed by atoms with E-state index in [9.17, 15) is 0 Å². The molecule has 0 aliphatic rings. The number of hydrogen-bond acceptors (Lipinski definition) is 3. The predicted octanol–water partition coefficient (Wildman–Crippen LogP) is -0.141. The molecule has 4 nitrogen and oxygen atoms in total. The maximum absolute atomic E-state index is 5.27. The second-order valence-corrected chi connectivity index (χ2v) is 1.49. The second kappa shape index (κ2) is 2.21. The first-order valence-electron chi connectivity index (χ1n) is 2.42. The zero-order valence-electron chi connectivity index (χ0n) is 4.74. The van der Waals surface area contributed by atoms with Crippen molar-refractivity contribution in [1.29, 1.82) is 0 Å². The number of nitrogens with two attached hydrogens (primary N) is 2. The Morgan fingerprint density at radius 3 is 2.89 bits per heavy atom. The third-order valence-electron chi connectivity index (χ3n) is 0.913. The fraction of sp³-hybridized carbons (Fsp3) is 0. The van der Waals surface area contributed by atoms with Gasteiger partial charge in [0, 0.05) is 0 Å². The van der Waals surface area contributed by atoms with Gasteiger partial charge in [-0.2, -0.15) is 5.10 Å². The topological polar surface area (TPSA) is 77.5 Å². The summed E-state index contributed by atoms with van der Waals surface area (Å²) in [6.07, 6.45) is 1.51. The smallest absolute Gasteiger partial charge is 0.186 e. The Balaban J connectivity index is 2.90. The van der Waals surface area contributed by atoms with Crippen LogP contribution in [0.25, 0.3) is 0 Å². The van der Waals surface area contributed by atoms with Crippen LogP contribution in [0.2, 0.25) is 0 Å². The van der Waals surface area contributed by atoms with Gasteiger partial charge in [0.25, 0.3) is 0 Å². The fourth-order valence-corrected chi connectivity index (χ4v) is 0.488. The first-order chi connectivity index (χ1) is 4.34. The fourth-order valence-electron chi connectivity index (χ4n) is 0.488. The maximum Gasteiger partial charge on any atom is 0.186 e. The van der Waals surface area contributed by atoms with Crippen molar-refractivity contribution in [2.75, 3.05) is 0 Å². The molecule has 0 saturated heterocycles. The van der Waals surface area contributed by atoms with Gasteiger partial charge in [0.2, 0.25) is 0 Å². The van der Waals surface area contributed by atoms with Crippen molar-refractivity contribution >= 4 is 5.84 Å². The van der Waals surface area contributed by atoms with Gasteiger partial charge in [-0.15, -0.1) is 0 Å². The summed E-state index contributed by atoms with van der Waals surface area (Å²) >= 11 is 0. The Labute approximate surface area is 52.1 Å². The van der Waals surface area contributed by atoms with E-state index in [1.54, 1.807) is 12.1 Å². The molecule has 0 aromatic carbocycles. The summed E-state index contributed by atoms with van der Waals surface area (Å²) in [5.41, 5.74) is 5.27. The maximum atomic E-state index is 5.27. The normalized spacial score (nSPS) is 11.8. The van der Waals surface area contributed by atoms with Crippen LogP contribution >= 0.6 is 0 Å². The van der Waals surface area contributed by atoms with Crippen molar-refractivity contribution in [2.45, 2.75) is 0 Å². The van der Waals surface area contributed by atoms with Gasteiger partial charge < -0.3 is 16.0 Å². The lowest BCUT2D eigenvalue weighted by Gasteiger charge is -1.88. The van der Waals surface area contributed by atoms with Crippen molar-refractivity contribution in [3.63, 3.8) is 0 Å². The van der Waals surface area contributed by atoms with Crippen molar-refractivity contribution in [1.82, 2.24) is 0 Å². The van der Waals surface area contributed by atoms with Gasteiger partial charge in [0.05, 0.1) is 6.26 Å². The quantitative estimate of drug-likeness (QED) is 0.237. The van der Waals surface area contributed by atoms with Crippen molar-refractivity contribution in [2.24, 2.45) is 16.7 Å². The lowest BCUT2D eigenvalue weighted by Crippen LogP contribution is -2.14. The zero-order valence-corrected chi connectivity index (χ0v) is 4.74. The van der Waals surface area contributed by atoms with E-state index in [2.05, 4.69) is 5.10 Å². The summed E-state index contributed by atoms with van der Waals surface area (Å²) in [6, 6.07) is 3.40. The van der Waals surface area contributed by atoms with Gasteiger partial charge in [-0.3, -0.25) is 0 Å². The van der Waals surface area contributed by atoms with E-state index in [4.69, 9.17) is 16.0 Å². The van der Waals surface area contributed by atoms with E-state index >= 15 is 0 Å². The molecule has 0 fully saturated rings. The minimum atomic E-state index is 0.208. The van der Waals surface area contributed by atoms with Crippen LogP contribution in [0.3, 0.4) is 0 Å². The first kappa shape index (κ1) is 5.68. The van der Waals surface area contributed by atoms with Crippen LogP contribution in [0.1, 0.15) is 5.76 Å². The number of furan rings is 1. The molecule has 4 N–H and O–H groups in total. The molecule has 1 rings (SSSR count). The minimum Gasteiger partial charge on any atom is -0.461 e. The zero-order chi connectivity index (χ0) is 6.69. The highest BCUT2D eigenvalue weighted by Gasteiger charge is 1.97. The molecule has 0 unspecified atom stereocenters. The number of nitrogens with zero attached hydrogens (tertiary/aromatic N) is 1. The molecule has 1 heterocycles. The molecule has 0 spiro atoms. The summed E-state index contributed by atoms with van der Waals surface area (Å²) in [5.74, 6) is 5.57. The van der Waals surface area contributed by atoms with E-state index in [0.717, 1.165) is 0 Å². The lowest BCUT2D eigenvalue weighted by molar-refractivity contribution is 0.556. The van der Waals surface area contributed by atoms with Crippen LogP contribution in [-0.2, 0) is 0 Å². The van der Waals surface area contributed by atoms with Crippen LogP contribution in [0.15, 0.2) is 27.9 Å².